The number of hydrogen-bond acceptors (Lipinski definition) is 2. The Labute approximate surface area is 93.0 Å². The van der Waals surface area contributed by atoms with Crippen molar-refractivity contribution in [2.24, 2.45) is 11.3 Å². The summed E-state index contributed by atoms with van der Waals surface area (Å²) in [4.78, 5) is 14.5. The van der Waals surface area contributed by atoms with Gasteiger partial charge in [-0.25, -0.2) is 0 Å². The predicted octanol–water partition coefficient (Wildman–Crippen LogP) is 2.48. The lowest BCUT2D eigenvalue weighted by Gasteiger charge is -2.55. The van der Waals surface area contributed by atoms with Crippen LogP contribution in [0.3, 0.4) is 0 Å². The lowest BCUT2D eigenvalue weighted by atomic mass is 9.57. The van der Waals surface area contributed by atoms with E-state index in [0.717, 1.165) is 6.42 Å². The summed E-state index contributed by atoms with van der Waals surface area (Å²) in [6.45, 7) is 8.81. The monoisotopic (exact) mass is 209 g/mol. The topological polar surface area (TPSA) is 20.3 Å². The SMILES string of the molecule is CCC1C(=O)C(C)(C)C1N1CCCCC1. The number of carbonyl (C=O) groups is 1. The third kappa shape index (κ3) is 1.63. The summed E-state index contributed by atoms with van der Waals surface area (Å²) in [5, 5.41) is 0. The van der Waals surface area contributed by atoms with Crippen LogP contribution in [0, 0.1) is 11.3 Å². The molecular weight excluding hydrogens is 186 g/mol. The highest BCUT2D eigenvalue weighted by Crippen LogP contribution is 2.46. The van der Waals surface area contributed by atoms with Crippen molar-refractivity contribution in [2.45, 2.75) is 52.5 Å². The van der Waals surface area contributed by atoms with Crippen LogP contribution >= 0.6 is 0 Å². The van der Waals surface area contributed by atoms with Gasteiger partial charge in [0, 0.05) is 17.4 Å². The Morgan fingerprint density at radius 3 is 2.40 bits per heavy atom. The maximum Gasteiger partial charge on any atom is 0.144 e. The van der Waals surface area contributed by atoms with E-state index in [2.05, 4.69) is 25.7 Å². The first-order valence-corrected chi connectivity index (χ1v) is 6.37. The highest BCUT2D eigenvalue weighted by molar-refractivity contribution is 5.94. The van der Waals surface area contributed by atoms with Crippen LogP contribution in [0.5, 0.6) is 0 Å². The Bertz CT molecular complexity index is 253. The predicted molar refractivity (Wildman–Crippen MR) is 61.8 cm³/mol. The summed E-state index contributed by atoms with van der Waals surface area (Å²) in [5.41, 5.74) is -0.0853. The van der Waals surface area contributed by atoms with Crippen LogP contribution in [-0.2, 0) is 4.79 Å². The van der Waals surface area contributed by atoms with Gasteiger partial charge in [-0.05, 0) is 32.4 Å². The van der Waals surface area contributed by atoms with Crippen LogP contribution in [0.15, 0.2) is 0 Å². The molecule has 2 atom stereocenters. The number of piperidine rings is 1. The first-order valence-electron chi connectivity index (χ1n) is 6.37. The van der Waals surface area contributed by atoms with Gasteiger partial charge in [0.05, 0.1) is 0 Å². The molecule has 1 heterocycles. The van der Waals surface area contributed by atoms with Crippen LogP contribution in [0.2, 0.25) is 0 Å². The smallest absolute Gasteiger partial charge is 0.144 e. The van der Waals surface area contributed by atoms with Gasteiger partial charge in [0.15, 0.2) is 0 Å². The van der Waals surface area contributed by atoms with E-state index in [1.165, 1.54) is 32.4 Å². The van der Waals surface area contributed by atoms with Crippen LogP contribution in [0.25, 0.3) is 0 Å². The number of ketones is 1. The third-order valence-corrected chi connectivity index (χ3v) is 4.32. The van der Waals surface area contributed by atoms with E-state index in [1.54, 1.807) is 0 Å². The van der Waals surface area contributed by atoms with E-state index >= 15 is 0 Å². The molecule has 2 heteroatoms. The number of hydrogen-bond donors (Lipinski definition) is 0. The van der Waals surface area contributed by atoms with E-state index in [0.29, 0.717) is 17.7 Å². The minimum Gasteiger partial charge on any atom is -0.299 e. The molecule has 2 unspecified atom stereocenters. The molecule has 0 aromatic heterocycles. The third-order valence-electron chi connectivity index (χ3n) is 4.32. The number of likely N-dealkylation sites (tertiary alicyclic amines) is 1. The molecule has 0 bridgehead atoms. The Kier molecular flexibility index (Phi) is 2.89. The van der Waals surface area contributed by atoms with Crippen LogP contribution in [0.1, 0.15) is 46.5 Å². The lowest BCUT2D eigenvalue weighted by Crippen LogP contribution is -2.66. The zero-order valence-corrected chi connectivity index (χ0v) is 10.3. The second kappa shape index (κ2) is 3.89. The molecular formula is C13H23NO. The van der Waals surface area contributed by atoms with Crippen LogP contribution in [0.4, 0.5) is 0 Å². The zero-order chi connectivity index (χ0) is 11.1. The van der Waals surface area contributed by atoms with Gasteiger partial charge in [0.2, 0.25) is 0 Å². The van der Waals surface area contributed by atoms with Crippen molar-refractivity contribution in [2.75, 3.05) is 13.1 Å². The summed E-state index contributed by atoms with van der Waals surface area (Å²) in [5.74, 6) is 0.804. The zero-order valence-electron chi connectivity index (χ0n) is 10.3. The fourth-order valence-corrected chi connectivity index (χ4v) is 3.49. The van der Waals surface area contributed by atoms with E-state index in [4.69, 9.17) is 0 Å². The number of Topliss-reactive ketones (excluding diaryl/α,β-unsaturated/α-hetero) is 1. The molecule has 2 fully saturated rings. The van der Waals surface area contributed by atoms with Gasteiger partial charge in [-0.3, -0.25) is 9.69 Å². The maximum atomic E-state index is 11.9. The Balaban J connectivity index is 2.09. The van der Waals surface area contributed by atoms with Crippen molar-refractivity contribution < 1.29 is 4.79 Å². The van der Waals surface area contributed by atoms with Gasteiger partial charge in [0.25, 0.3) is 0 Å². The molecule has 1 saturated heterocycles. The van der Waals surface area contributed by atoms with E-state index in [-0.39, 0.29) is 5.41 Å². The Morgan fingerprint density at radius 2 is 1.87 bits per heavy atom. The minimum absolute atomic E-state index is 0.0853. The van der Waals surface area contributed by atoms with Crippen LogP contribution < -0.4 is 0 Å². The van der Waals surface area contributed by atoms with Crippen molar-refractivity contribution in [1.82, 2.24) is 4.90 Å². The van der Waals surface area contributed by atoms with Gasteiger partial charge in [-0.15, -0.1) is 0 Å². The lowest BCUT2D eigenvalue weighted by molar-refractivity contribution is -0.158. The average Bonchev–Trinajstić information content (AvgIpc) is 2.25. The fraction of sp³-hybridized carbons (Fsp3) is 0.923. The highest BCUT2D eigenvalue weighted by Gasteiger charge is 2.56. The molecule has 1 aliphatic heterocycles. The first kappa shape index (κ1) is 11.1. The Morgan fingerprint density at radius 1 is 1.27 bits per heavy atom. The van der Waals surface area contributed by atoms with Crippen molar-refractivity contribution in [3.63, 3.8) is 0 Å². The van der Waals surface area contributed by atoms with Crippen molar-refractivity contribution in [3.05, 3.63) is 0 Å². The molecule has 0 amide bonds. The molecule has 0 aromatic rings. The normalized spacial score (nSPS) is 36.3. The van der Waals surface area contributed by atoms with E-state index in [9.17, 15) is 4.79 Å². The second-order valence-electron chi connectivity index (χ2n) is 5.64. The van der Waals surface area contributed by atoms with Crippen molar-refractivity contribution in [1.29, 1.82) is 0 Å². The van der Waals surface area contributed by atoms with Gasteiger partial charge in [-0.1, -0.05) is 27.2 Å². The molecule has 1 saturated carbocycles. The molecule has 0 radical (unpaired) electrons. The molecule has 0 aromatic carbocycles. The van der Waals surface area contributed by atoms with Crippen molar-refractivity contribution >= 4 is 5.78 Å². The second-order valence-corrected chi connectivity index (χ2v) is 5.64. The molecule has 2 rings (SSSR count). The summed E-state index contributed by atoms with van der Waals surface area (Å²) in [7, 11) is 0. The fourth-order valence-electron chi connectivity index (χ4n) is 3.49. The van der Waals surface area contributed by atoms with Gasteiger partial charge >= 0.3 is 0 Å². The number of rotatable bonds is 2. The first-order chi connectivity index (χ1) is 7.09. The van der Waals surface area contributed by atoms with E-state index in [1.807, 2.05) is 0 Å². The van der Waals surface area contributed by atoms with Crippen molar-refractivity contribution in [3.8, 4) is 0 Å². The molecule has 0 spiro atoms. The number of carbonyl (C=O) groups excluding carboxylic acids is 1. The minimum atomic E-state index is -0.0853. The maximum absolute atomic E-state index is 11.9. The summed E-state index contributed by atoms with van der Waals surface area (Å²) in [6.07, 6.45) is 5.02. The molecule has 15 heavy (non-hydrogen) atoms. The average molecular weight is 209 g/mol. The molecule has 86 valence electrons. The Hall–Kier alpha value is -0.370. The number of nitrogens with zero attached hydrogens (tertiary/aromatic N) is 1. The summed E-state index contributed by atoms with van der Waals surface area (Å²) >= 11 is 0. The molecule has 1 aliphatic carbocycles. The van der Waals surface area contributed by atoms with Gasteiger partial charge in [-0.2, -0.15) is 0 Å². The summed E-state index contributed by atoms with van der Waals surface area (Å²) < 4.78 is 0. The standard InChI is InChI=1S/C13H23NO/c1-4-10-11(13(2,3)12(10)15)14-8-6-5-7-9-14/h10-11H,4-9H2,1-3H3. The van der Waals surface area contributed by atoms with Gasteiger partial charge in [0.1, 0.15) is 5.78 Å². The molecule has 2 nitrogen and oxygen atoms in total. The quantitative estimate of drug-likeness (QED) is 0.696. The van der Waals surface area contributed by atoms with Crippen LogP contribution in [-0.4, -0.2) is 29.8 Å². The molecule has 2 aliphatic rings. The largest absolute Gasteiger partial charge is 0.299 e. The summed E-state index contributed by atoms with van der Waals surface area (Å²) in [6, 6.07) is 0.523. The van der Waals surface area contributed by atoms with E-state index < -0.39 is 0 Å². The molecule has 0 N–H and O–H groups in total. The van der Waals surface area contributed by atoms with Gasteiger partial charge < -0.3 is 0 Å². The highest BCUT2D eigenvalue weighted by atomic mass is 16.1.